The van der Waals surface area contributed by atoms with Crippen LogP contribution >= 0.6 is 11.6 Å². The van der Waals surface area contributed by atoms with Crippen molar-refractivity contribution in [1.82, 2.24) is 0 Å². The lowest BCUT2D eigenvalue weighted by Gasteiger charge is -1.99. The molecular formula is C11H10ClFO. The van der Waals surface area contributed by atoms with Crippen molar-refractivity contribution in [1.29, 1.82) is 0 Å². The highest BCUT2D eigenvalue weighted by Gasteiger charge is 2.03. The van der Waals surface area contributed by atoms with E-state index in [4.69, 9.17) is 16.7 Å². The smallest absolute Gasteiger partial charge is 0.144 e. The third-order valence-corrected chi connectivity index (χ3v) is 1.88. The van der Waals surface area contributed by atoms with Crippen molar-refractivity contribution >= 4 is 11.6 Å². The Kier molecular flexibility index (Phi) is 4.45. The SMILES string of the molecule is OCc1cccc(C#CCCCl)c1F. The normalized spacial score (nSPS) is 9.36. The summed E-state index contributed by atoms with van der Waals surface area (Å²) in [6.07, 6.45) is 0.532. The van der Waals surface area contributed by atoms with Gasteiger partial charge in [-0.25, -0.2) is 4.39 Å². The van der Waals surface area contributed by atoms with Gasteiger partial charge >= 0.3 is 0 Å². The fourth-order valence-corrected chi connectivity index (χ4v) is 1.10. The van der Waals surface area contributed by atoms with E-state index in [0.717, 1.165) is 0 Å². The van der Waals surface area contributed by atoms with E-state index in [9.17, 15) is 4.39 Å². The maximum absolute atomic E-state index is 13.4. The van der Waals surface area contributed by atoms with Gasteiger partial charge in [-0.15, -0.1) is 11.6 Å². The monoisotopic (exact) mass is 212 g/mol. The number of hydrogen-bond donors (Lipinski definition) is 1. The molecule has 14 heavy (non-hydrogen) atoms. The molecule has 1 aromatic rings. The van der Waals surface area contributed by atoms with Crippen LogP contribution in [0.2, 0.25) is 0 Å². The highest BCUT2D eigenvalue weighted by molar-refractivity contribution is 6.18. The van der Waals surface area contributed by atoms with Crippen LogP contribution in [0.25, 0.3) is 0 Å². The number of aliphatic hydroxyl groups excluding tert-OH is 1. The fourth-order valence-electron chi connectivity index (χ4n) is 1.00. The van der Waals surface area contributed by atoms with Crippen LogP contribution in [0, 0.1) is 17.7 Å². The zero-order chi connectivity index (χ0) is 10.4. The summed E-state index contributed by atoms with van der Waals surface area (Å²) in [5, 5.41) is 8.81. The van der Waals surface area contributed by atoms with Crippen molar-refractivity contribution in [2.75, 3.05) is 5.88 Å². The zero-order valence-electron chi connectivity index (χ0n) is 7.56. The Morgan fingerprint density at radius 1 is 1.43 bits per heavy atom. The minimum atomic E-state index is -0.447. The van der Waals surface area contributed by atoms with Crippen LogP contribution in [0.15, 0.2) is 18.2 Å². The number of hydrogen-bond acceptors (Lipinski definition) is 1. The Hall–Kier alpha value is -1.04. The number of benzene rings is 1. The van der Waals surface area contributed by atoms with E-state index in [1.165, 1.54) is 6.07 Å². The molecule has 0 atom stereocenters. The Balaban J connectivity index is 2.94. The Labute approximate surface area is 87.5 Å². The van der Waals surface area contributed by atoms with Crippen LogP contribution in [0.5, 0.6) is 0 Å². The van der Waals surface area contributed by atoms with Gasteiger partial charge in [0.2, 0.25) is 0 Å². The van der Waals surface area contributed by atoms with Gasteiger partial charge in [0.05, 0.1) is 12.2 Å². The largest absolute Gasteiger partial charge is 0.392 e. The molecule has 0 unspecified atom stereocenters. The molecule has 0 fully saturated rings. The molecule has 0 amide bonds. The Morgan fingerprint density at radius 3 is 2.86 bits per heavy atom. The van der Waals surface area contributed by atoms with Crippen molar-refractivity contribution in [2.45, 2.75) is 13.0 Å². The fraction of sp³-hybridized carbons (Fsp3) is 0.273. The second kappa shape index (κ2) is 5.64. The quantitative estimate of drug-likeness (QED) is 0.589. The molecule has 0 aliphatic carbocycles. The van der Waals surface area contributed by atoms with E-state index in [1.807, 2.05) is 0 Å². The van der Waals surface area contributed by atoms with E-state index in [-0.39, 0.29) is 12.2 Å². The van der Waals surface area contributed by atoms with Gasteiger partial charge < -0.3 is 5.11 Å². The average molecular weight is 213 g/mol. The van der Waals surface area contributed by atoms with E-state index in [2.05, 4.69) is 11.8 Å². The predicted octanol–water partition coefficient (Wildman–Crippen LogP) is 2.30. The third-order valence-electron chi connectivity index (χ3n) is 1.69. The molecule has 0 bridgehead atoms. The van der Waals surface area contributed by atoms with Crippen molar-refractivity contribution in [2.24, 2.45) is 0 Å². The molecule has 0 saturated heterocycles. The molecule has 0 aliphatic heterocycles. The molecule has 0 radical (unpaired) electrons. The lowest BCUT2D eigenvalue weighted by atomic mass is 10.1. The molecule has 1 aromatic carbocycles. The average Bonchev–Trinajstić information content (AvgIpc) is 2.21. The zero-order valence-corrected chi connectivity index (χ0v) is 8.31. The van der Waals surface area contributed by atoms with Gasteiger partial charge in [0.15, 0.2) is 0 Å². The van der Waals surface area contributed by atoms with Crippen LogP contribution in [0.4, 0.5) is 4.39 Å². The minimum Gasteiger partial charge on any atom is -0.392 e. The van der Waals surface area contributed by atoms with Crippen LogP contribution in [-0.4, -0.2) is 11.0 Å². The molecule has 0 saturated carbocycles. The summed E-state index contributed by atoms with van der Waals surface area (Å²) in [4.78, 5) is 0. The van der Waals surface area contributed by atoms with Crippen LogP contribution in [0.3, 0.4) is 0 Å². The highest BCUT2D eigenvalue weighted by Crippen LogP contribution is 2.11. The second-order valence-electron chi connectivity index (χ2n) is 2.68. The third kappa shape index (κ3) is 2.73. The van der Waals surface area contributed by atoms with E-state index >= 15 is 0 Å². The molecule has 0 aliphatic rings. The van der Waals surface area contributed by atoms with Crippen LogP contribution < -0.4 is 0 Å². The summed E-state index contributed by atoms with van der Waals surface area (Å²) < 4.78 is 13.4. The summed E-state index contributed by atoms with van der Waals surface area (Å²) in [7, 11) is 0. The number of alkyl halides is 1. The number of aliphatic hydroxyl groups is 1. The summed E-state index contributed by atoms with van der Waals surface area (Å²) in [6.45, 7) is -0.309. The number of rotatable bonds is 2. The lowest BCUT2D eigenvalue weighted by molar-refractivity contribution is 0.275. The topological polar surface area (TPSA) is 20.2 Å². The molecule has 0 spiro atoms. The van der Waals surface area contributed by atoms with Gasteiger partial charge in [-0.05, 0) is 6.07 Å². The summed E-state index contributed by atoms with van der Waals surface area (Å²) in [5.41, 5.74) is 0.573. The molecular weight excluding hydrogens is 203 g/mol. The van der Waals surface area contributed by atoms with Gasteiger partial charge in [0.25, 0.3) is 0 Å². The number of halogens is 2. The molecule has 1 rings (SSSR count). The molecule has 3 heteroatoms. The molecule has 0 aromatic heterocycles. The van der Waals surface area contributed by atoms with Crippen molar-refractivity contribution in [3.05, 3.63) is 35.1 Å². The molecule has 1 nitrogen and oxygen atoms in total. The summed E-state index contributed by atoms with van der Waals surface area (Å²) in [6, 6.07) is 4.77. The van der Waals surface area contributed by atoms with Crippen molar-refractivity contribution < 1.29 is 9.50 Å². The predicted molar refractivity (Wildman–Crippen MR) is 54.5 cm³/mol. The van der Waals surface area contributed by atoms with E-state index in [0.29, 0.717) is 17.9 Å². The van der Waals surface area contributed by atoms with E-state index < -0.39 is 5.82 Å². The minimum absolute atomic E-state index is 0.266. The second-order valence-corrected chi connectivity index (χ2v) is 3.06. The van der Waals surface area contributed by atoms with Crippen molar-refractivity contribution in [3.63, 3.8) is 0 Å². The summed E-state index contributed by atoms with van der Waals surface area (Å²) >= 11 is 5.43. The molecule has 1 N–H and O–H groups in total. The Bertz CT molecular complexity index is 365. The van der Waals surface area contributed by atoms with Gasteiger partial charge in [0.1, 0.15) is 5.82 Å². The first kappa shape index (κ1) is 11.0. The van der Waals surface area contributed by atoms with Gasteiger partial charge in [-0.1, -0.05) is 24.0 Å². The maximum Gasteiger partial charge on any atom is 0.144 e. The first-order chi connectivity index (χ1) is 6.79. The first-order valence-corrected chi connectivity index (χ1v) is 4.76. The first-order valence-electron chi connectivity index (χ1n) is 4.22. The van der Waals surface area contributed by atoms with Gasteiger partial charge in [0, 0.05) is 17.9 Å². The van der Waals surface area contributed by atoms with Crippen molar-refractivity contribution in [3.8, 4) is 11.8 Å². The van der Waals surface area contributed by atoms with Gasteiger partial charge in [-0.2, -0.15) is 0 Å². The highest BCUT2D eigenvalue weighted by atomic mass is 35.5. The molecule has 74 valence electrons. The lowest BCUT2D eigenvalue weighted by Crippen LogP contribution is -1.92. The Morgan fingerprint density at radius 2 is 2.21 bits per heavy atom. The molecule has 0 heterocycles. The maximum atomic E-state index is 13.4. The summed E-state index contributed by atoms with van der Waals surface area (Å²) in [5.74, 6) is 5.40. The van der Waals surface area contributed by atoms with Gasteiger partial charge in [-0.3, -0.25) is 0 Å². The van der Waals surface area contributed by atoms with Crippen LogP contribution in [0.1, 0.15) is 17.5 Å². The standard InChI is InChI=1S/C11H10ClFO/c12-7-2-1-4-9-5-3-6-10(8-14)11(9)13/h3,5-6,14H,2,7-8H2. The van der Waals surface area contributed by atoms with E-state index in [1.54, 1.807) is 12.1 Å². The van der Waals surface area contributed by atoms with Crippen LogP contribution in [-0.2, 0) is 6.61 Å².